The molecule has 2 aromatic rings. The van der Waals surface area contributed by atoms with E-state index in [-0.39, 0.29) is 18.9 Å². The molecule has 0 radical (unpaired) electrons. The van der Waals surface area contributed by atoms with Gasteiger partial charge in [-0.3, -0.25) is 0 Å². The van der Waals surface area contributed by atoms with Gasteiger partial charge in [0.2, 0.25) is 0 Å². The minimum atomic E-state index is -1.09. The molecule has 0 amide bonds. The monoisotopic (exact) mass is 584 g/mol. The van der Waals surface area contributed by atoms with Gasteiger partial charge in [-0.05, 0) is 118 Å². The van der Waals surface area contributed by atoms with Crippen molar-refractivity contribution in [2.24, 2.45) is 0 Å². The fourth-order valence-corrected chi connectivity index (χ4v) is 2.86. The molecule has 0 aliphatic carbocycles. The summed E-state index contributed by atoms with van der Waals surface area (Å²) in [5.41, 5.74) is -1.88. The third-order valence-electron chi connectivity index (χ3n) is 2.92. The van der Waals surface area contributed by atoms with E-state index in [1.54, 1.807) is 12.1 Å². The van der Waals surface area contributed by atoms with Gasteiger partial charge in [0.1, 0.15) is 0 Å². The third kappa shape index (κ3) is 22.7. The Balaban J connectivity index is 0.000000722. The predicted molar refractivity (Wildman–Crippen MR) is 156 cm³/mol. The van der Waals surface area contributed by atoms with Gasteiger partial charge < -0.3 is 9.31 Å². The van der Waals surface area contributed by atoms with Crippen molar-refractivity contribution in [2.75, 3.05) is 0 Å². The summed E-state index contributed by atoms with van der Waals surface area (Å²) >= 11 is 2.85. The summed E-state index contributed by atoms with van der Waals surface area (Å²) in [6.07, 6.45) is 0. The summed E-state index contributed by atoms with van der Waals surface area (Å²) in [7, 11) is -2.17. The second-order valence-corrected chi connectivity index (χ2v) is 13.7. The van der Waals surface area contributed by atoms with Crippen LogP contribution in [0.4, 0.5) is 0 Å². The molecule has 0 aliphatic rings. The van der Waals surface area contributed by atoms with E-state index >= 15 is 0 Å². The van der Waals surface area contributed by atoms with Crippen LogP contribution in [0.15, 0.2) is 35.0 Å². The molecule has 2 aromatic heterocycles. The van der Waals surface area contributed by atoms with E-state index in [1.165, 1.54) is 22.7 Å². The van der Waals surface area contributed by atoms with Gasteiger partial charge in [-0.2, -0.15) is 0 Å². The van der Waals surface area contributed by atoms with Crippen molar-refractivity contribution in [1.82, 2.24) is 0 Å². The molecule has 15 heteroatoms. The van der Waals surface area contributed by atoms with Crippen LogP contribution in [0.2, 0.25) is 0 Å². The van der Waals surface area contributed by atoms with Gasteiger partial charge in [0, 0.05) is 0 Å². The zero-order chi connectivity index (χ0) is 29.0. The maximum atomic E-state index is 5.47. The van der Waals surface area contributed by atoms with Crippen molar-refractivity contribution in [3.05, 3.63) is 35.0 Å². The van der Waals surface area contributed by atoms with Gasteiger partial charge in [0.15, 0.2) is 10.1 Å². The zero-order valence-electron chi connectivity index (χ0n) is 24.5. The van der Waals surface area contributed by atoms with Crippen LogP contribution in [0.1, 0.15) is 83.1 Å². The van der Waals surface area contributed by atoms with Crippen molar-refractivity contribution in [3.8, 4) is 10.1 Å². The molecule has 0 bridgehead atoms. The molecule has 0 aliphatic heterocycles. The fourth-order valence-electron chi connectivity index (χ4n) is 1.70. The number of hydrogen-bond acceptors (Lipinski definition) is 12. The SMILES string of the molecule is CC(C)(C)OOB(OOC(C)(C)C)Oc1cccs1.CC(C)(C)OOB(OOC(C)(C)C)Oc1cccs1.[LiH]. The van der Waals surface area contributed by atoms with Gasteiger partial charge in [0.05, 0.1) is 22.4 Å². The Hall–Kier alpha value is -0.593. The molecule has 2 rings (SSSR count). The molecule has 218 valence electrons. The molecule has 39 heavy (non-hydrogen) atoms. The van der Waals surface area contributed by atoms with Crippen LogP contribution in [-0.4, -0.2) is 55.9 Å². The molecule has 10 nitrogen and oxygen atoms in total. The molecule has 2 heterocycles. The summed E-state index contributed by atoms with van der Waals surface area (Å²) in [6, 6.07) is 7.34. The molecule has 0 spiro atoms. The summed E-state index contributed by atoms with van der Waals surface area (Å²) < 4.78 is 10.9. The Morgan fingerprint density at radius 3 is 0.923 bits per heavy atom. The van der Waals surface area contributed by atoms with Gasteiger partial charge in [-0.25, -0.2) is 38.8 Å². The topological polar surface area (TPSA) is 92.3 Å². The molecule has 0 aromatic carbocycles. The quantitative estimate of drug-likeness (QED) is 0.155. The van der Waals surface area contributed by atoms with E-state index in [4.69, 9.17) is 48.1 Å². The van der Waals surface area contributed by atoms with Gasteiger partial charge in [-0.15, -0.1) is 22.7 Å². The van der Waals surface area contributed by atoms with E-state index < -0.39 is 37.0 Å². The van der Waals surface area contributed by atoms with Crippen molar-refractivity contribution in [2.45, 2.75) is 105 Å². The van der Waals surface area contributed by atoms with Crippen molar-refractivity contribution >= 4 is 56.2 Å². The van der Waals surface area contributed by atoms with Gasteiger partial charge >= 0.3 is 33.5 Å². The van der Waals surface area contributed by atoms with Gasteiger partial charge in [0.25, 0.3) is 0 Å². The minimum absolute atomic E-state index is 0. The number of hydrogen-bond donors (Lipinski definition) is 0. The first-order valence-electron chi connectivity index (χ1n) is 12.1. The van der Waals surface area contributed by atoms with Crippen molar-refractivity contribution < 1.29 is 48.1 Å². The Bertz CT molecular complexity index is 753. The maximum absolute atomic E-state index is 5.47. The molecule has 0 fully saturated rings. The molecular weight excluding hydrogens is 541 g/mol. The van der Waals surface area contributed by atoms with E-state index in [9.17, 15) is 0 Å². The Morgan fingerprint density at radius 2 is 0.744 bits per heavy atom. The third-order valence-corrected chi connectivity index (χ3v) is 4.44. The van der Waals surface area contributed by atoms with Crippen LogP contribution in [0.25, 0.3) is 0 Å². The normalized spacial score (nSPS) is 12.2. The first-order chi connectivity index (χ1) is 17.3. The number of rotatable bonds is 12. The Labute approximate surface area is 254 Å². The molecule has 0 atom stereocenters. The molecular formula is C24H43B2LiO10S2. The van der Waals surface area contributed by atoms with Crippen molar-refractivity contribution in [3.63, 3.8) is 0 Å². The van der Waals surface area contributed by atoms with Crippen LogP contribution in [0.5, 0.6) is 10.1 Å². The van der Waals surface area contributed by atoms with Crippen molar-refractivity contribution in [1.29, 1.82) is 0 Å². The molecule has 0 N–H and O–H groups in total. The molecule has 0 saturated carbocycles. The van der Waals surface area contributed by atoms with Crippen LogP contribution in [-0.2, 0) is 38.8 Å². The molecule has 0 saturated heterocycles. The average Bonchev–Trinajstić information content (AvgIpc) is 3.44. The number of thiophene rings is 2. The van der Waals surface area contributed by atoms with E-state index in [0.717, 1.165) is 0 Å². The second kappa shape index (κ2) is 17.4. The summed E-state index contributed by atoms with van der Waals surface area (Å²) in [5.74, 6) is 0. The summed E-state index contributed by atoms with van der Waals surface area (Å²) in [6.45, 7) is 22.3. The first kappa shape index (κ1) is 38.4. The first-order valence-corrected chi connectivity index (χ1v) is 13.9. The van der Waals surface area contributed by atoms with E-state index in [1.807, 2.05) is 106 Å². The van der Waals surface area contributed by atoms with Gasteiger partial charge in [-0.1, -0.05) is 0 Å². The van der Waals surface area contributed by atoms with Crippen LogP contribution in [0, 0.1) is 0 Å². The van der Waals surface area contributed by atoms with Crippen LogP contribution >= 0.6 is 22.7 Å². The van der Waals surface area contributed by atoms with Crippen LogP contribution < -0.4 is 9.31 Å². The average molecular weight is 584 g/mol. The Kier molecular flexibility index (Phi) is 17.1. The second-order valence-electron chi connectivity index (χ2n) is 11.8. The fraction of sp³-hybridized carbons (Fsp3) is 0.667. The Morgan fingerprint density at radius 1 is 0.487 bits per heavy atom. The summed E-state index contributed by atoms with van der Waals surface area (Å²) in [5, 5.41) is 5.09. The molecule has 0 unspecified atom stereocenters. The standard InChI is InChI=1S/2C12H21BO5S.Li.H/c2*1-11(2,3)15-17-13(18-16-12(4,5)6)14-10-8-7-9-19-10;;/h2*7-9H,1-6H3;;. The predicted octanol–water partition coefficient (Wildman–Crippen LogP) is 6.56. The zero-order valence-corrected chi connectivity index (χ0v) is 26.2. The van der Waals surface area contributed by atoms with E-state index in [0.29, 0.717) is 10.1 Å². The summed E-state index contributed by atoms with van der Waals surface area (Å²) in [4.78, 5) is 41.2. The van der Waals surface area contributed by atoms with Crippen LogP contribution in [0.3, 0.4) is 0 Å². The van der Waals surface area contributed by atoms with E-state index in [2.05, 4.69) is 0 Å².